The summed E-state index contributed by atoms with van der Waals surface area (Å²) in [6.07, 6.45) is 10.1. The Kier molecular flexibility index (Phi) is 6.67. The van der Waals surface area contributed by atoms with Gasteiger partial charge in [0, 0.05) is 23.1 Å². The Morgan fingerprint density at radius 1 is 1.15 bits per heavy atom. The summed E-state index contributed by atoms with van der Waals surface area (Å²) in [5.74, 6) is 0.412. The van der Waals surface area contributed by atoms with Gasteiger partial charge < -0.3 is 0 Å². The molecule has 2 heterocycles. The van der Waals surface area contributed by atoms with Crippen LogP contribution in [0, 0.1) is 0 Å². The van der Waals surface area contributed by atoms with Gasteiger partial charge in [-0.05, 0) is 42.2 Å². The average molecular weight is 310 g/mol. The maximum Gasteiger partial charge on any atom is 0.137 e. The number of thiophene rings is 1. The standard InChI is InChI=1S/C16H23NOS2/c1-2-13(18)9-7-5-3-4-6-8-10-15-14-11-12-19-16(14)17-20-15/h11-12H,2-10H2,1H3. The Morgan fingerprint density at radius 2 is 1.90 bits per heavy atom. The quantitative estimate of drug-likeness (QED) is 0.534. The molecule has 0 fully saturated rings. The molecule has 0 aliphatic heterocycles. The number of ketones is 1. The molecule has 20 heavy (non-hydrogen) atoms. The van der Waals surface area contributed by atoms with Crippen molar-refractivity contribution < 1.29 is 4.79 Å². The zero-order valence-electron chi connectivity index (χ0n) is 12.2. The number of carbonyl (C=O) groups is 1. The number of hydrogen-bond acceptors (Lipinski definition) is 4. The number of rotatable bonds is 10. The van der Waals surface area contributed by atoms with Crippen molar-refractivity contribution in [3.63, 3.8) is 0 Å². The minimum atomic E-state index is 0.412. The van der Waals surface area contributed by atoms with E-state index in [1.165, 1.54) is 53.6 Å². The Hall–Kier alpha value is -0.740. The van der Waals surface area contributed by atoms with Gasteiger partial charge in [-0.15, -0.1) is 11.3 Å². The van der Waals surface area contributed by atoms with Crippen LogP contribution in [0.4, 0.5) is 0 Å². The van der Waals surface area contributed by atoms with Gasteiger partial charge >= 0.3 is 0 Å². The van der Waals surface area contributed by atoms with Gasteiger partial charge in [0.1, 0.15) is 10.6 Å². The predicted molar refractivity (Wildman–Crippen MR) is 88.8 cm³/mol. The Bertz CT molecular complexity index is 529. The maximum atomic E-state index is 11.2. The number of aromatic nitrogens is 1. The first kappa shape index (κ1) is 15.6. The van der Waals surface area contributed by atoms with Gasteiger partial charge in [0.15, 0.2) is 0 Å². The van der Waals surface area contributed by atoms with Gasteiger partial charge in [-0.25, -0.2) is 0 Å². The second-order valence-electron chi connectivity index (χ2n) is 5.26. The molecule has 0 atom stereocenters. The number of hydrogen-bond donors (Lipinski definition) is 0. The summed E-state index contributed by atoms with van der Waals surface area (Å²) in [7, 11) is 0. The number of unbranched alkanes of at least 4 members (excludes halogenated alkanes) is 5. The van der Waals surface area contributed by atoms with Crippen LogP contribution in [0.5, 0.6) is 0 Å². The zero-order valence-corrected chi connectivity index (χ0v) is 13.8. The molecule has 2 aromatic rings. The van der Waals surface area contributed by atoms with Crippen molar-refractivity contribution in [2.45, 2.75) is 64.7 Å². The van der Waals surface area contributed by atoms with Crippen LogP contribution >= 0.6 is 22.9 Å². The van der Waals surface area contributed by atoms with E-state index < -0.39 is 0 Å². The van der Waals surface area contributed by atoms with Crippen molar-refractivity contribution >= 4 is 38.9 Å². The Morgan fingerprint density at radius 3 is 2.70 bits per heavy atom. The highest BCUT2D eigenvalue weighted by atomic mass is 32.1. The Labute approximate surface area is 129 Å². The van der Waals surface area contributed by atoms with Crippen LogP contribution in [-0.4, -0.2) is 10.2 Å². The smallest absolute Gasteiger partial charge is 0.137 e. The van der Waals surface area contributed by atoms with Gasteiger partial charge in [0.25, 0.3) is 0 Å². The summed E-state index contributed by atoms with van der Waals surface area (Å²) >= 11 is 3.41. The minimum Gasteiger partial charge on any atom is -0.300 e. The summed E-state index contributed by atoms with van der Waals surface area (Å²) in [6.45, 7) is 1.95. The fraction of sp³-hybridized carbons (Fsp3) is 0.625. The Balaban J connectivity index is 1.52. The number of Topliss-reactive ketones (excluding diaryl/α,β-unsaturated/α-hetero) is 1. The first-order chi connectivity index (χ1) is 9.81. The van der Waals surface area contributed by atoms with Crippen LogP contribution in [-0.2, 0) is 11.2 Å². The van der Waals surface area contributed by atoms with E-state index in [4.69, 9.17) is 0 Å². The van der Waals surface area contributed by atoms with Crippen LogP contribution in [0.3, 0.4) is 0 Å². The first-order valence-corrected chi connectivity index (χ1v) is 9.30. The third-order valence-corrected chi connectivity index (χ3v) is 5.53. The molecule has 0 aromatic carbocycles. The number of nitrogens with zero attached hydrogens (tertiary/aromatic N) is 1. The molecule has 0 bridgehead atoms. The van der Waals surface area contributed by atoms with E-state index in [-0.39, 0.29) is 0 Å². The molecule has 110 valence electrons. The van der Waals surface area contributed by atoms with Gasteiger partial charge in [0.05, 0.1) is 0 Å². The molecule has 2 nitrogen and oxygen atoms in total. The third-order valence-electron chi connectivity index (χ3n) is 3.69. The zero-order chi connectivity index (χ0) is 14.2. The van der Waals surface area contributed by atoms with Crippen LogP contribution < -0.4 is 0 Å². The van der Waals surface area contributed by atoms with Crippen molar-refractivity contribution in [2.75, 3.05) is 0 Å². The van der Waals surface area contributed by atoms with Gasteiger partial charge in [-0.2, -0.15) is 4.37 Å². The normalized spacial score (nSPS) is 11.2. The molecular weight excluding hydrogens is 286 g/mol. The van der Waals surface area contributed by atoms with Crippen molar-refractivity contribution in [3.8, 4) is 0 Å². The maximum absolute atomic E-state index is 11.2. The first-order valence-electron chi connectivity index (χ1n) is 7.64. The molecule has 0 saturated heterocycles. The fourth-order valence-electron chi connectivity index (χ4n) is 2.40. The van der Waals surface area contributed by atoms with E-state index in [2.05, 4.69) is 15.8 Å². The summed E-state index contributed by atoms with van der Waals surface area (Å²) in [5.41, 5.74) is 0. The molecular formula is C16H23NOS2. The van der Waals surface area contributed by atoms with E-state index in [0.717, 1.165) is 12.8 Å². The second kappa shape index (κ2) is 8.53. The minimum absolute atomic E-state index is 0.412. The van der Waals surface area contributed by atoms with Crippen molar-refractivity contribution in [1.82, 2.24) is 4.37 Å². The van der Waals surface area contributed by atoms with Crippen LogP contribution in [0.1, 0.15) is 63.2 Å². The lowest BCUT2D eigenvalue weighted by Gasteiger charge is -2.01. The molecule has 0 spiro atoms. The van der Waals surface area contributed by atoms with Crippen molar-refractivity contribution in [1.29, 1.82) is 0 Å². The lowest BCUT2D eigenvalue weighted by molar-refractivity contribution is -0.118. The number of fused-ring (bicyclic) bond motifs is 1. The molecule has 0 amide bonds. The lowest BCUT2D eigenvalue weighted by Crippen LogP contribution is -1.94. The highest BCUT2D eigenvalue weighted by molar-refractivity contribution is 7.19. The molecule has 4 heteroatoms. The predicted octanol–water partition coefficient (Wildman–Crippen LogP) is 5.61. The van der Waals surface area contributed by atoms with Crippen LogP contribution in [0.25, 0.3) is 10.2 Å². The molecule has 0 radical (unpaired) electrons. The molecule has 0 aliphatic carbocycles. The van der Waals surface area contributed by atoms with Gasteiger partial charge in [0.2, 0.25) is 0 Å². The van der Waals surface area contributed by atoms with Crippen LogP contribution in [0.15, 0.2) is 11.4 Å². The second-order valence-corrected chi connectivity index (χ2v) is 7.01. The van der Waals surface area contributed by atoms with Crippen molar-refractivity contribution in [3.05, 3.63) is 16.3 Å². The molecule has 2 aromatic heterocycles. The van der Waals surface area contributed by atoms with E-state index in [1.54, 1.807) is 22.9 Å². The SMILES string of the molecule is CCC(=O)CCCCCCCCc1snc2sccc12. The highest BCUT2D eigenvalue weighted by Gasteiger charge is 2.06. The number of carbonyl (C=O) groups excluding carboxylic acids is 1. The summed E-state index contributed by atoms with van der Waals surface area (Å²) < 4.78 is 4.47. The summed E-state index contributed by atoms with van der Waals surface area (Å²) in [6, 6.07) is 2.20. The summed E-state index contributed by atoms with van der Waals surface area (Å²) in [5, 5.41) is 3.50. The molecule has 2 rings (SSSR count). The van der Waals surface area contributed by atoms with E-state index in [1.807, 2.05) is 6.92 Å². The van der Waals surface area contributed by atoms with Gasteiger partial charge in [-0.1, -0.05) is 32.6 Å². The third kappa shape index (κ3) is 4.67. The van der Waals surface area contributed by atoms with E-state index >= 15 is 0 Å². The highest BCUT2D eigenvalue weighted by Crippen LogP contribution is 2.28. The van der Waals surface area contributed by atoms with Crippen LogP contribution in [0.2, 0.25) is 0 Å². The molecule has 0 N–H and O–H groups in total. The molecule has 0 unspecified atom stereocenters. The average Bonchev–Trinajstić information content (AvgIpc) is 3.05. The monoisotopic (exact) mass is 309 g/mol. The fourth-order valence-corrected chi connectivity index (χ4v) is 4.19. The molecule has 0 aliphatic rings. The van der Waals surface area contributed by atoms with Gasteiger partial charge in [-0.3, -0.25) is 4.79 Å². The largest absolute Gasteiger partial charge is 0.300 e. The molecule has 0 saturated carbocycles. The van der Waals surface area contributed by atoms with E-state index in [9.17, 15) is 4.79 Å². The van der Waals surface area contributed by atoms with E-state index in [0.29, 0.717) is 12.2 Å². The lowest BCUT2D eigenvalue weighted by atomic mass is 10.1. The summed E-state index contributed by atoms with van der Waals surface area (Å²) in [4.78, 5) is 13.8. The van der Waals surface area contributed by atoms with Crippen molar-refractivity contribution in [2.24, 2.45) is 0 Å². The topological polar surface area (TPSA) is 30.0 Å². The number of aryl methyl sites for hydroxylation is 1.